The van der Waals surface area contributed by atoms with Crippen LogP contribution in [0.3, 0.4) is 0 Å². The average molecular weight is 230 g/mol. The normalized spacial score (nSPS) is 18.8. The number of carbonyl (C=O) groups is 1. The molecule has 0 radical (unpaired) electrons. The first-order valence-corrected chi connectivity index (χ1v) is 6.22. The number of allylic oxidation sites excluding steroid dienone is 2. The highest BCUT2D eigenvalue weighted by atomic mass is 16.5. The highest BCUT2D eigenvalue weighted by molar-refractivity contribution is 5.90. The number of ketones is 1. The lowest BCUT2D eigenvalue weighted by Crippen LogP contribution is -2.16. The van der Waals surface area contributed by atoms with Crippen LogP contribution in [-0.4, -0.2) is 12.4 Å². The van der Waals surface area contributed by atoms with E-state index in [4.69, 9.17) is 4.74 Å². The van der Waals surface area contributed by atoms with Crippen LogP contribution in [0.5, 0.6) is 5.75 Å². The number of hydrogen-bond donors (Lipinski definition) is 0. The van der Waals surface area contributed by atoms with E-state index in [9.17, 15) is 4.79 Å². The number of fused-ring (bicyclic) bond motifs is 1. The smallest absolute Gasteiger partial charge is 0.155 e. The summed E-state index contributed by atoms with van der Waals surface area (Å²) < 4.78 is 5.59. The van der Waals surface area contributed by atoms with Crippen LogP contribution >= 0.6 is 0 Å². The van der Waals surface area contributed by atoms with Gasteiger partial charge in [-0.2, -0.15) is 0 Å². The summed E-state index contributed by atoms with van der Waals surface area (Å²) >= 11 is 0. The summed E-state index contributed by atoms with van der Waals surface area (Å²) in [6.07, 6.45) is 6.07. The van der Waals surface area contributed by atoms with E-state index in [1.807, 2.05) is 31.2 Å². The number of para-hydroxylation sites is 1. The first-order chi connectivity index (χ1) is 8.31. The molecule has 0 saturated heterocycles. The van der Waals surface area contributed by atoms with Crippen molar-refractivity contribution in [1.82, 2.24) is 0 Å². The van der Waals surface area contributed by atoms with Gasteiger partial charge < -0.3 is 4.74 Å². The van der Waals surface area contributed by atoms with E-state index >= 15 is 0 Å². The number of ether oxygens (including phenoxy) is 1. The van der Waals surface area contributed by atoms with Gasteiger partial charge >= 0.3 is 0 Å². The Morgan fingerprint density at radius 2 is 2.29 bits per heavy atom. The molecule has 0 spiro atoms. The molecule has 0 fully saturated rings. The van der Waals surface area contributed by atoms with Crippen molar-refractivity contribution >= 4 is 5.78 Å². The van der Waals surface area contributed by atoms with Crippen LogP contribution in [0.4, 0.5) is 0 Å². The third-order valence-electron chi connectivity index (χ3n) is 3.07. The molecule has 1 aliphatic heterocycles. The maximum absolute atomic E-state index is 11.8. The summed E-state index contributed by atoms with van der Waals surface area (Å²) in [5, 5.41) is 0. The molecule has 1 unspecified atom stereocenters. The van der Waals surface area contributed by atoms with E-state index in [2.05, 4.69) is 6.07 Å². The Morgan fingerprint density at radius 3 is 3.12 bits per heavy atom. The monoisotopic (exact) mass is 230 g/mol. The maximum Gasteiger partial charge on any atom is 0.155 e. The van der Waals surface area contributed by atoms with Crippen molar-refractivity contribution in [2.75, 3.05) is 6.61 Å². The number of carbonyl (C=O) groups excluding carboxylic acids is 1. The van der Waals surface area contributed by atoms with Crippen molar-refractivity contribution in [2.45, 2.75) is 32.1 Å². The molecule has 0 saturated carbocycles. The Labute approximate surface area is 102 Å². The predicted octanol–water partition coefficient (Wildman–Crippen LogP) is 3.48. The summed E-state index contributed by atoms with van der Waals surface area (Å²) in [6, 6.07) is 8.02. The van der Waals surface area contributed by atoms with Crippen molar-refractivity contribution in [3.63, 3.8) is 0 Å². The summed E-state index contributed by atoms with van der Waals surface area (Å²) in [6.45, 7) is 2.75. The minimum absolute atomic E-state index is 0.216. The number of hydrogen-bond acceptors (Lipinski definition) is 2. The van der Waals surface area contributed by atoms with Gasteiger partial charge in [-0.15, -0.1) is 0 Å². The van der Waals surface area contributed by atoms with E-state index in [1.54, 1.807) is 6.08 Å². The van der Waals surface area contributed by atoms with Gasteiger partial charge in [0.15, 0.2) is 5.78 Å². The highest BCUT2D eigenvalue weighted by Crippen LogP contribution is 2.35. The van der Waals surface area contributed by atoms with E-state index < -0.39 is 0 Å². The minimum atomic E-state index is 0.216. The third kappa shape index (κ3) is 2.96. The Morgan fingerprint density at radius 1 is 1.47 bits per heavy atom. The van der Waals surface area contributed by atoms with Crippen molar-refractivity contribution in [3.8, 4) is 5.75 Å². The number of benzene rings is 1. The highest BCUT2D eigenvalue weighted by Gasteiger charge is 2.22. The van der Waals surface area contributed by atoms with Gasteiger partial charge in [0.1, 0.15) is 5.75 Å². The molecule has 1 aliphatic rings. The van der Waals surface area contributed by atoms with Crippen LogP contribution in [0.15, 0.2) is 36.4 Å². The van der Waals surface area contributed by atoms with Gasteiger partial charge in [0.25, 0.3) is 0 Å². The third-order valence-corrected chi connectivity index (χ3v) is 3.07. The van der Waals surface area contributed by atoms with Gasteiger partial charge in [-0.25, -0.2) is 0 Å². The average Bonchev–Trinajstić information content (AvgIpc) is 2.37. The SMILES string of the molecule is CC/C=C/C(=O)CC1CCOc2ccccc21. The Hall–Kier alpha value is -1.57. The first kappa shape index (κ1) is 11.9. The van der Waals surface area contributed by atoms with Gasteiger partial charge in [0.2, 0.25) is 0 Å². The summed E-state index contributed by atoms with van der Waals surface area (Å²) in [4.78, 5) is 11.8. The molecule has 0 aliphatic carbocycles. The van der Waals surface area contributed by atoms with Gasteiger partial charge in [-0.1, -0.05) is 31.2 Å². The lowest BCUT2D eigenvalue weighted by molar-refractivity contribution is -0.115. The predicted molar refractivity (Wildman–Crippen MR) is 68.4 cm³/mol. The molecule has 0 bridgehead atoms. The molecule has 1 aromatic carbocycles. The molecule has 0 N–H and O–H groups in total. The lowest BCUT2D eigenvalue weighted by Gasteiger charge is -2.24. The topological polar surface area (TPSA) is 26.3 Å². The Bertz CT molecular complexity index is 421. The molecular weight excluding hydrogens is 212 g/mol. The quantitative estimate of drug-likeness (QED) is 0.740. The zero-order valence-electron chi connectivity index (χ0n) is 10.2. The molecule has 90 valence electrons. The van der Waals surface area contributed by atoms with Gasteiger partial charge in [0, 0.05) is 6.42 Å². The largest absolute Gasteiger partial charge is 0.493 e. The summed E-state index contributed by atoms with van der Waals surface area (Å²) in [5.41, 5.74) is 1.18. The van der Waals surface area contributed by atoms with E-state index in [0.29, 0.717) is 18.9 Å². The molecule has 0 aromatic heterocycles. The van der Waals surface area contributed by atoms with Crippen molar-refractivity contribution < 1.29 is 9.53 Å². The van der Waals surface area contributed by atoms with E-state index in [0.717, 1.165) is 18.6 Å². The molecule has 1 aromatic rings. The van der Waals surface area contributed by atoms with Crippen molar-refractivity contribution in [3.05, 3.63) is 42.0 Å². The Kier molecular flexibility index (Phi) is 3.97. The molecule has 1 atom stereocenters. The molecule has 0 amide bonds. The van der Waals surface area contributed by atoms with Gasteiger partial charge in [-0.05, 0) is 36.5 Å². The van der Waals surface area contributed by atoms with Crippen LogP contribution < -0.4 is 4.74 Å². The minimum Gasteiger partial charge on any atom is -0.493 e. The van der Waals surface area contributed by atoms with Crippen LogP contribution in [0, 0.1) is 0 Å². The van der Waals surface area contributed by atoms with Crippen LogP contribution in [0.1, 0.15) is 37.7 Å². The molecule has 1 heterocycles. The van der Waals surface area contributed by atoms with Crippen LogP contribution in [-0.2, 0) is 4.79 Å². The lowest BCUT2D eigenvalue weighted by atomic mass is 9.89. The second kappa shape index (κ2) is 5.67. The molecule has 2 heteroatoms. The molecule has 17 heavy (non-hydrogen) atoms. The number of rotatable bonds is 4. The van der Waals surface area contributed by atoms with Gasteiger partial charge in [-0.3, -0.25) is 4.79 Å². The Balaban J connectivity index is 2.08. The summed E-state index contributed by atoms with van der Waals surface area (Å²) in [5.74, 6) is 1.47. The van der Waals surface area contributed by atoms with Crippen LogP contribution in [0.25, 0.3) is 0 Å². The van der Waals surface area contributed by atoms with Crippen LogP contribution in [0.2, 0.25) is 0 Å². The fourth-order valence-electron chi connectivity index (χ4n) is 2.19. The fraction of sp³-hybridized carbons (Fsp3) is 0.400. The van der Waals surface area contributed by atoms with Gasteiger partial charge in [0.05, 0.1) is 6.61 Å². The summed E-state index contributed by atoms with van der Waals surface area (Å²) in [7, 11) is 0. The zero-order valence-corrected chi connectivity index (χ0v) is 10.2. The zero-order chi connectivity index (χ0) is 12.1. The van der Waals surface area contributed by atoms with Crippen molar-refractivity contribution in [1.29, 1.82) is 0 Å². The molecule has 2 nitrogen and oxygen atoms in total. The standard InChI is InChI=1S/C15H18O2/c1-2-3-6-13(16)11-12-9-10-17-15-8-5-4-7-14(12)15/h3-8,12H,2,9-11H2,1H3/b6-3+. The second-order valence-corrected chi connectivity index (χ2v) is 4.35. The van der Waals surface area contributed by atoms with E-state index in [1.165, 1.54) is 5.56 Å². The maximum atomic E-state index is 11.8. The molecule has 2 rings (SSSR count). The fourth-order valence-corrected chi connectivity index (χ4v) is 2.19. The van der Waals surface area contributed by atoms with Crippen molar-refractivity contribution in [2.24, 2.45) is 0 Å². The van der Waals surface area contributed by atoms with E-state index in [-0.39, 0.29) is 5.78 Å². The molecular formula is C15H18O2. The second-order valence-electron chi connectivity index (χ2n) is 4.35. The first-order valence-electron chi connectivity index (χ1n) is 6.22.